The van der Waals surface area contributed by atoms with Crippen molar-refractivity contribution in [2.24, 2.45) is 0 Å². The number of Topliss-reactive ketones (excluding diaryl/α,β-unsaturated/α-hetero) is 1. The monoisotopic (exact) mass is 456 g/mol. The Balaban J connectivity index is 1.48. The summed E-state index contributed by atoms with van der Waals surface area (Å²) in [6.07, 6.45) is 1.54. The fraction of sp³-hybridized carbons (Fsp3) is 0.429. The Hall–Kier alpha value is -3.14. The van der Waals surface area contributed by atoms with Gasteiger partial charge in [-0.3, -0.25) is 4.79 Å². The average Bonchev–Trinajstić information content (AvgIpc) is 3.51. The Morgan fingerprint density at radius 1 is 1.09 bits per heavy atom. The molecule has 34 heavy (non-hydrogen) atoms. The number of nitrogens with zero attached hydrogens (tertiary/aromatic N) is 2. The smallest absolute Gasteiger partial charge is 0.194 e. The topological polar surface area (TPSA) is 71.8 Å². The van der Waals surface area contributed by atoms with Gasteiger partial charge in [0, 0.05) is 36.1 Å². The van der Waals surface area contributed by atoms with E-state index in [9.17, 15) is 10.1 Å². The van der Waals surface area contributed by atoms with E-state index in [2.05, 4.69) is 30.9 Å². The van der Waals surface area contributed by atoms with E-state index in [1.165, 1.54) is 0 Å². The minimum absolute atomic E-state index is 0.00377. The normalized spacial score (nSPS) is 22.8. The summed E-state index contributed by atoms with van der Waals surface area (Å²) in [5.74, 6) is 0.802. The molecule has 6 heteroatoms. The maximum Gasteiger partial charge on any atom is 0.194 e. The molecule has 0 aromatic heterocycles. The first-order chi connectivity index (χ1) is 16.5. The molecule has 2 heterocycles. The number of ketones is 1. The van der Waals surface area contributed by atoms with Gasteiger partial charge in [-0.2, -0.15) is 5.26 Å². The Morgan fingerprint density at radius 2 is 1.91 bits per heavy atom. The van der Waals surface area contributed by atoms with Crippen molar-refractivity contribution >= 4 is 17.0 Å². The van der Waals surface area contributed by atoms with Gasteiger partial charge in [0.05, 0.1) is 43.7 Å². The lowest BCUT2D eigenvalue weighted by Gasteiger charge is -2.37. The molecule has 6 nitrogen and oxygen atoms in total. The Labute approximate surface area is 199 Å². The molecule has 1 unspecified atom stereocenters. The standard InChI is InChI=1S/C28H28N2O4/c1-28(2)22-14-24(30-6-9-32-10-7-30)25(34-19-5-8-33-16-19)13-21(22)27(31)26-20-4-3-17(15-29)11-18(20)12-23(26)28/h3-4,11,13-14,19H,5-10,12,16H2,1-2H3. The first-order valence-electron chi connectivity index (χ1n) is 12.0. The number of hydrogen-bond donors (Lipinski definition) is 0. The summed E-state index contributed by atoms with van der Waals surface area (Å²) in [5, 5.41) is 9.36. The van der Waals surface area contributed by atoms with Gasteiger partial charge in [0.25, 0.3) is 0 Å². The van der Waals surface area contributed by atoms with E-state index in [4.69, 9.17) is 14.2 Å². The summed E-state index contributed by atoms with van der Waals surface area (Å²) in [6.45, 7) is 8.63. The zero-order chi connectivity index (χ0) is 23.4. The van der Waals surface area contributed by atoms with Crippen LogP contribution >= 0.6 is 0 Å². The molecule has 2 aliphatic carbocycles. The molecule has 0 radical (unpaired) electrons. The third-order valence-corrected chi connectivity index (χ3v) is 7.70. The van der Waals surface area contributed by atoms with Crippen molar-refractivity contribution in [1.82, 2.24) is 0 Å². The van der Waals surface area contributed by atoms with Gasteiger partial charge in [-0.15, -0.1) is 0 Å². The fourth-order valence-corrected chi connectivity index (χ4v) is 5.79. The van der Waals surface area contributed by atoms with Gasteiger partial charge in [-0.1, -0.05) is 19.9 Å². The second-order valence-corrected chi connectivity index (χ2v) is 10.0. The van der Waals surface area contributed by atoms with Crippen molar-refractivity contribution in [3.05, 3.63) is 63.7 Å². The van der Waals surface area contributed by atoms with Crippen LogP contribution in [0.15, 0.2) is 35.9 Å². The minimum atomic E-state index is -0.319. The van der Waals surface area contributed by atoms with Crippen LogP contribution in [0.1, 0.15) is 52.9 Å². The van der Waals surface area contributed by atoms with Gasteiger partial charge in [0.15, 0.2) is 5.78 Å². The first-order valence-corrected chi connectivity index (χ1v) is 12.0. The van der Waals surface area contributed by atoms with Crippen LogP contribution in [0, 0.1) is 11.3 Å². The number of ether oxygens (including phenoxy) is 3. The number of fused-ring (bicyclic) bond motifs is 3. The molecule has 0 amide bonds. The third-order valence-electron chi connectivity index (χ3n) is 7.70. The highest BCUT2D eigenvalue weighted by Gasteiger charge is 2.44. The number of anilines is 1. The van der Waals surface area contributed by atoms with Gasteiger partial charge >= 0.3 is 0 Å². The predicted octanol–water partition coefficient (Wildman–Crippen LogP) is 4.05. The largest absolute Gasteiger partial charge is 0.486 e. The van der Waals surface area contributed by atoms with Crippen LogP contribution in [0.4, 0.5) is 5.69 Å². The maximum absolute atomic E-state index is 13.9. The summed E-state index contributed by atoms with van der Waals surface area (Å²) in [4.78, 5) is 16.3. The third kappa shape index (κ3) is 3.26. The van der Waals surface area contributed by atoms with E-state index >= 15 is 0 Å². The van der Waals surface area contributed by atoms with Crippen LogP contribution in [0.3, 0.4) is 0 Å². The van der Waals surface area contributed by atoms with Crippen molar-refractivity contribution in [2.45, 2.75) is 38.2 Å². The SMILES string of the molecule is CC1(C)C2=C(C(=O)c3cc(OC4CCOC4)c(N4CCOCC4)cc31)c1ccc(C#N)cc1C2. The van der Waals surface area contributed by atoms with E-state index in [0.717, 1.165) is 58.8 Å². The first kappa shape index (κ1) is 21.4. The molecule has 2 aromatic rings. The molecule has 2 fully saturated rings. The summed E-state index contributed by atoms with van der Waals surface area (Å²) in [5.41, 5.74) is 7.06. The summed E-state index contributed by atoms with van der Waals surface area (Å²) < 4.78 is 17.6. The van der Waals surface area contributed by atoms with Gasteiger partial charge in [-0.25, -0.2) is 0 Å². The number of rotatable bonds is 3. The Kier molecular flexibility index (Phi) is 5.02. The molecule has 0 N–H and O–H groups in total. The van der Waals surface area contributed by atoms with Crippen LogP contribution in [0.5, 0.6) is 5.75 Å². The van der Waals surface area contributed by atoms with Gasteiger partial charge < -0.3 is 19.1 Å². The van der Waals surface area contributed by atoms with E-state index < -0.39 is 0 Å². The van der Waals surface area contributed by atoms with Crippen LogP contribution in [-0.2, 0) is 21.3 Å². The Morgan fingerprint density at radius 3 is 2.65 bits per heavy atom. The lowest BCUT2D eigenvalue weighted by Crippen LogP contribution is -2.37. The molecule has 0 spiro atoms. The maximum atomic E-state index is 13.9. The second-order valence-electron chi connectivity index (χ2n) is 10.0. The number of carbonyl (C=O) groups excluding carboxylic acids is 1. The molecule has 2 aliphatic heterocycles. The molecule has 174 valence electrons. The van der Waals surface area contributed by atoms with Crippen molar-refractivity contribution in [1.29, 1.82) is 5.26 Å². The van der Waals surface area contributed by atoms with E-state index in [-0.39, 0.29) is 17.3 Å². The number of allylic oxidation sites excluding steroid dienone is 2. The Bertz CT molecular complexity index is 1260. The zero-order valence-electron chi connectivity index (χ0n) is 19.6. The van der Waals surface area contributed by atoms with Crippen molar-refractivity contribution in [3.8, 4) is 11.8 Å². The zero-order valence-corrected chi connectivity index (χ0v) is 19.6. The molecule has 0 bridgehead atoms. The van der Waals surface area contributed by atoms with Gasteiger partial charge in [0.1, 0.15) is 11.9 Å². The number of hydrogen-bond acceptors (Lipinski definition) is 6. The molecule has 0 saturated carbocycles. The van der Waals surface area contributed by atoms with Crippen molar-refractivity contribution in [3.63, 3.8) is 0 Å². The summed E-state index contributed by atoms with van der Waals surface area (Å²) in [7, 11) is 0. The lowest BCUT2D eigenvalue weighted by atomic mass is 9.68. The van der Waals surface area contributed by atoms with Crippen molar-refractivity contribution < 1.29 is 19.0 Å². The minimum Gasteiger partial charge on any atom is -0.486 e. The highest BCUT2D eigenvalue weighted by atomic mass is 16.5. The average molecular weight is 457 g/mol. The lowest BCUT2D eigenvalue weighted by molar-refractivity contribution is 0.104. The van der Waals surface area contributed by atoms with E-state index in [1.54, 1.807) is 6.07 Å². The molecular weight excluding hydrogens is 428 g/mol. The van der Waals surface area contributed by atoms with Gasteiger partial charge in [0.2, 0.25) is 0 Å². The van der Waals surface area contributed by atoms with E-state index in [1.807, 2.05) is 18.2 Å². The summed E-state index contributed by atoms with van der Waals surface area (Å²) >= 11 is 0. The van der Waals surface area contributed by atoms with Crippen LogP contribution in [0.25, 0.3) is 5.57 Å². The number of morpholine rings is 1. The predicted molar refractivity (Wildman–Crippen MR) is 128 cm³/mol. The number of nitriles is 1. The number of carbonyl (C=O) groups is 1. The molecule has 1 atom stereocenters. The van der Waals surface area contributed by atoms with Crippen LogP contribution < -0.4 is 9.64 Å². The highest BCUT2D eigenvalue weighted by molar-refractivity contribution is 6.33. The van der Waals surface area contributed by atoms with Crippen LogP contribution in [0.2, 0.25) is 0 Å². The number of benzene rings is 2. The van der Waals surface area contributed by atoms with Crippen LogP contribution in [-0.4, -0.2) is 51.4 Å². The molecule has 2 aromatic carbocycles. The molecular formula is C28H28N2O4. The van der Waals surface area contributed by atoms with E-state index in [0.29, 0.717) is 44.0 Å². The molecule has 2 saturated heterocycles. The second kappa shape index (κ2) is 7.97. The van der Waals surface area contributed by atoms with Crippen molar-refractivity contribution in [2.75, 3.05) is 44.4 Å². The van der Waals surface area contributed by atoms with Gasteiger partial charge in [-0.05, 0) is 52.9 Å². The summed E-state index contributed by atoms with van der Waals surface area (Å²) in [6, 6.07) is 12.0. The quantitative estimate of drug-likeness (QED) is 0.694. The molecule has 6 rings (SSSR count). The molecule has 4 aliphatic rings. The fourth-order valence-electron chi connectivity index (χ4n) is 5.79. The highest BCUT2D eigenvalue weighted by Crippen LogP contribution is 2.52.